The standard InChI is InChI=1S/C15H11F19O2/c1-2-6(3-35-4-6)10(19,15(32,33)34)36-5-7(16,8(17,11(20,21)22)12(23,24)25)9(18,13(26,27)28)14(29,30)31/h2-5H2,1H3. The van der Waals surface area contributed by atoms with Gasteiger partial charge in [0, 0.05) is 0 Å². The molecular formula is C15H11F19O2. The van der Waals surface area contributed by atoms with Gasteiger partial charge in [0.05, 0.1) is 25.2 Å². The van der Waals surface area contributed by atoms with Crippen LogP contribution in [0, 0.1) is 5.41 Å². The van der Waals surface area contributed by atoms with Crippen LogP contribution in [0.1, 0.15) is 13.3 Å². The highest BCUT2D eigenvalue weighted by Crippen LogP contribution is 2.65. The van der Waals surface area contributed by atoms with Crippen molar-refractivity contribution in [3.8, 4) is 0 Å². The van der Waals surface area contributed by atoms with E-state index in [0.717, 1.165) is 0 Å². The Morgan fingerprint density at radius 1 is 0.556 bits per heavy atom. The van der Waals surface area contributed by atoms with Crippen LogP contribution < -0.4 is 0 Å². The molecule has 0 bridgehead atoms. The van der Waals surface area contributed by atoms with Crippen molar-refractivity contribution in [1.29, 1.82) is 0 Å². The Balaban J connectivity index is 4.10. The Kier molecular flexibility index (Phi) is 7.75. The first-order valence-corrected chi connectivity index (χ1v) is 8.78. The topological polar surface area (TPSA) is 18.5 Å². The van der Waals surface area contributed by atoms with Crippen molar-refractivity contribution in [2.75, 3.05) is 19.8 Å². The van der Waals surface area contributed by atoms with Gasteiger partial charge in [-0.2, -0.15) is 65.9 Å². The number of hydrogen-bond donors (Lipinski definition) is 0. The van der Waals surface area contributed by atoms with Gasteiger partial charge in [-0.15, -0.1) is 0 Å². The van der Waals surface area contributed by atoms with E-state index in [2.05, 4.69) is 9.47 Å². The third kappa shape index (κ3) is 4.14. The highest BCUT2D eigenvalue weighted by Gasteiger charge is 2.96. The van der Waals surface area contributed by atoms with Gasteiger partial charge in [-0.3, -0.25) is 0 Å². The molecule has 1 saturated heterocycles. The second kappa shape index (κ2) is 8.55. The van der Waals surface area contributed by atoms with Crippen molar-refractivity contribution >= 4 is 0 Å². The summed E-state index contributed by atoms with van der Waals surface area (Å²) in [7, 11) is 0. The molecule has 0 aromatic carbocycles. The van der Waals surface area contributed by atoms with Gasteiger partial charge < -0.3 is 9.47 Å². The minimum Gasteiger partial charge on any atom is -0.380 e. The lowest BCUT2D eigenvalue weighted by molar-refractivity contribution is -0.464. The number of alkyl halides is 19. The molecule has 0 saturated carbocycles. The van der Waals surface area contributed by atoms with Gasteiger partial charge in [0.1, 0.15) is 0 Å². The quantitative estimate of drug-likeness (QED) is 0.300. The Labute approximate surface area is 186 Å². The molecule has 2 nitrogen and oxygen atoms in total. The summed E-state index contributed by atoms with van der Waals surface area (Å²) in [5.41, 5.74) is -28.6. The van der Waals surface area contributed by atoms with Gasteiger partial charge in [0.15, 0.2) is 0 Å². The predicted molar refractivity (Wildman–Crippen MR) is 75.1 cm³/mol. The second-order valence-electron chi connectivity index (χ2n) is 7.62. The van der Waals surface area contributed by atoms with E-state index in [0.29, 0.717) is 6.92 Å². The van der Waals surface area contributed by atoms with E-state index in [4.69, 9.17) is 0 Å². The Morgan fingerprint density at radius 3 is 1.03 bits per heavy atom. The number of rotatable bonds is 7. The Bertz CT molecular complexity index is 712. The fourth-order valence-corrected chi connectivity index (χ4v) is 3.36. The van der Waals surface area contributed by atoms with Crippen molar-refractivity contribution in [3.63, 3.8) is 0 Å². The molecule has 36 heavy (non-hydrogen) atoms. The van der Waals surface area contributed by atoms with E-state index in [9.17, 15) is 79.0 Å². The SMILES string of the molecule is CCC1(C(F)(OCC(F)(C(F)(C(F)(F)F)C(F)(F)F)C(F)(C(F)(F)F)C(F)(F)F)C(F)(F)F)COC1. The highest BCUT2D eigenvalue weighted by molar-refractivity contribution is 5.24. The monoisotopic (exact) mass is 584 g/mol. The van der Waals surface area contributed by atoms with Crippen LogP contribution in [-0.4, -0.2) is 73.6 Å². The van der Waals surface area contributed by atoms with E-state index >= 15 is 4.39 Å². The van der Waals surface area contributed by atoms with Gasteiger partial charge in [-0.05, 0) is 6.42 Å². The second-order valence-corrected chi connectivity index (χ2v) is 7.62. The zero-order chi connectivity index (χ0) is 29.2. The Hall–Kier alpha value is -1.41. The average molecular weight is 584 g/mol. The maximum atomic E-state index is 15.1. The number of halogens is 19. The van der Waals surface area contributed by atoms with E-state index in [1.54, 1.807) is 0 Å². The van der Waals surface area contributed by atoms with Crippen molar-refractivity contribution in [1.82, 2.24) is 0 Å². The average Bonchev–Trinajstić information content (AvgIpc) is 2.59. The molecule has 1 heterocycles. The van der Waals surface area contributed by atoms with Crippen molar-refractivity contribution < 1.29 is 92.9 Å². The fourth-order valence-electron chi connectivity index (χ4n) is 3.36. The minimum atomic E-state index is -8.56. The summed E-state index contributed by atoms with van der Waals surface area (Å²) in [5.74, 6) is -5.85. The molecule has 0 radical (unpaired) electrons. The third-order valence-electron chi connectivity index (χ3n) is 5.60. The molecule has 1 aliphatic rings. The summed E-state index contributed by atoms with van der Waals surface area (Å²) in [6.07, 6.45) is -41.0. The first kappa shape index (κ1) is 32.6. The summed E-state index contributed by atoms with van der Waals surface area (Å²) in [6, 6.07) is 0. The van der Waals surface area contributed by atoms with Gasteiger partial charge in [0.2, 0.25) is 5.67 Å². The zero-order valence-corrected chi connectivity index (χ0v) is 16.8. The van der Waals surface area contributed by atoms with Crippen LogP contribution in [0.2, 0.25) is 0 Å². The largest absolute Gasteiger partial charge is 0.449 e. The lowest BCUT2D eigenvalue weighted by Gasteiger charge is -2.52. The van der Waals surface area contributed by atoms with Crippen LogP contribution >= 0.6 is 0 Å². The smallest absolute Gasteiger partial charge is 0.380 e. The van der Waals surface area contributed by atoms with E-state index in [-0.39, 0.29) is 0 Å². The molecule has 0 aliphatic carbocycles. The number of hydrogen-bond acceptors (Lipinski definition) is 2. The molecule has 1 unspecified atom stereocenters. The van der Waals surface area contributed by atoms with Gasteiger partial charge >= 0.3 is 48.1 Å². The molecule has 0 spiro atoms. The summed E-state index contributed by atoms with van der Waals surface area (Å²) in [6.45, 7) is -7.06. The van der Waals surface area contributed by atoms with Crippen LogP contribution in [-0.2, 0) is 9.47 Å². The third-order valence-corrected chi connectivity index (χ3v) is 5.60. The maximum absolute atomic E-state index is 15.1. The maximum Gasteiger partial charge on any atom is 0.449 e. The van der Waals surface area contributed by atoms with Crippen molar-refractivity contribution in [2.45, 2.75) is 67.1 Å². The summed E-state index contributed by atoms with van der Waals surface area (Å²) in [5, 5.41) is 0. The van der Waals surface area contributed by atoms with Crippen LogP contribution in [0.5, 0.6) is 0 Å². The van der Waals surface area contributed by atoms with Crippen LogP contribution in [0.15, 0.2) is 0 Å². The molecule has 216 valence electrons. The normalized spacial score (nSPS) is 20.7. The lowest BCUT2D eigenvalue weighted by atomic mass is 9.71. The van der Waals surface area contributed by atoms with Crippen molar-refractivity contribution in [3.05, 3.63) is 0 Å². The number of ether oxygens (including phenoxy) is 2. The van der Waals surface area contributed by atoms with Gasteiger partial charge in [-0.25, -0.2) is 17.6 Å². The molecule has 0 aromatic heterocycles. The first-order valence-electron chi connectivity index (χ1n) is 8.78. The Morgan fingerprint density at radius 2 is 0.861 bits per heavy atom. The molecule has 21 heteroatoms. The molecule has 0 aromatic rings. The van der Waals surface area contributed by atoms with Crippen LogP contribution in [0.3, 0.4) is 0 Å². The first-order chi connectivity index (χ1) is 15.5. The minimum absolute atomic E-state index is 0.615. The summed E-state index contributed by atoms with van der Waals surface area (Å²) < 4.78 is 262. The van der Waals surface area contributed by atoms with E-state index in [1.807, 2.05) is 0 Å². The summed E-state index contributed by atoms with van der Waals surface area (Å²) in [4.78, 5) is 0. The molecule has 1 fully saturated rings. The summed E-state index contributed by atoms with van der Waals surface area (Å²) >= 11 is 0. The van der Waals surface area contributed by atoms with Crippen molar-refractivity contribution in [2.24, 2.45) is 5.41 Å². The van der Waals surface area contributed by atoms with Gasteiger partial charge in [0.25, 0.3) is 0 Å². The van der Waals surface area contributed by atoms with Crippen LogP contribution in [0.4, 0.5) is 83.4 Å². The molecule has 0 amide bonds. The highest BCUT2D eigenvalue weighted by atomic mass is 19.4. The predicted octanol–water partition coefficient (Wildman–Crippen LogP) is 7.03. The van der Waals surface area contributed by atoms with E-state index < -0.39 is 85.4 Å². The van der Waals surface area contributed by atoms with Crippen LogP contribution in [0.25, 0.3) is 0 Å². The molecule has 1 aliphatic heterocycles. The zero-order valence-electron chi connectivity index (χ0n) is 16.8. The molecule has 1 atom stereocenters. The fraction of sp³-hybridized carbons (Fsp3) is 1.00. The lowest BCUT2D eigenvalue weighted by Crippen LogP contribution is -2.81. The van der Waals surface area contributed by atoms with Gasteiger partial charge in [-0.1, -0.05) is 6.92 Å². The molecular weight excluding hydrogens is 573 g/mol. The van der Waals surface area contributed by atoms with E-state index in [1.165, 1.54) is 0 Å². The molecule has 0 N–H and O–H groups in total. The molecule has 1 rings (SSSR count).